The molecule has 1 N–H and O–H groups in total. The highest BCUT2D eigenvalue weighted by Crippen LogP contribution is 2.35. The second kappa shape index (κ2) is 4.93. The van der Waals surface area contributed by atoms with E-state index in [0.29, 0.717) is 11.5 Å². The average Bonchev–Trinajstić information content (AvgIpc) is 2.94. The first kappa shape index (κ1) is 13.7. The number of fused-ring (bicyclic) bond motifs is 1. The van der Waals surface area contributed by atoms with Gasteiger partial charge in [-0.1, -0.05) is 30.3 Å². The highest BCUT2D eigenvalue weighted by atomic mass is 16.5. The van der Waals surface area contributed by atoms with Crippen LogP contribution in [0.5, 0.6) is 5.75 Å². The molecule has 0 saturated carbocycles. The quantitative estimate of drug-likeness (QED) is 0.789. The molecule has 3 heteroatoms. The molecule has 0 aliphatic heterocycles. The van der Waals surface area contributed by atoms with Gasteiger partial charge in [0.05, 0.1) is 7.11 Å². The highest BCUT2D eigenvalue weighted by molar-refractivity contribution is 5.81. The molecule has 1 atom stereocenters. The highest BCUT2D eigenvalue weighted by Gasteiger charge is 2.30. The zero-order valence-corrected chi connectivity index (χ0v) is 12.4. The maximum atomic E-state index is 10.9. The molecule has 0 spiro atoms. The summed E-state index contributed by atoms with van der Waals surface area (Å²) >= 11 is 0. The lowest BCUT2D eigenvalue weighted by Gasteiger charge is -2.21. The molecule has 3 nitrogen and oxygen atoms in total. The molecule has 2 aromatic carbocycles. The average molecular weight is 282 g/mol. The number of aryl methyl sites for hydroxylation is 1. The van der Waals surface area contributed by atoms with Crippen LogP contribution in [-0.4, -0.2) is 12.2 Å². The minimum absolute atomic E-state index is 0.528. The zero-order chi connectivity index (χ0) is 15.0. The Morgan fingerprint density at radius 2 is 1.86 bits per heavy atom. The van der Waals surface area contributed by atoms with E-state index in [1.165, 1.54) is 0 Å². The molecule has 1 aromatic heterocycles. The number of rotatable bonds is 3. The number of methoxy groups -OCH3 is 1. The second-order valence-electron chi connectivity index (χ2n) is 5.41. The number of aliphatic hydroxyl groups is 1. The third kappa shape index (κ3) is 2.30. The molecule has 0 bridgehead atoms. The third-order valence-corrected chi connectivity index (χ3v) is 3.85. The van der Waals surface area contributed by atoms with Gasteiger partial charge in [-0.15, -0.1) is 0 Å². The molecule has 0 aliphatic carbocycles. The Hall–Kier alpha value is -2.26. The van der Waals surface area contributed by atoms with Crippen LogP contribution >= 0.6 is 0 Å². The molecule has 1 unspecified atom stereocenters. The van der Waals surface area contributed by atoms with Crippen LogP contribution in [0.15, 0.2) is 52.9 Å². The van der Waals surface area contributed by atoms with E-state index >= 15 is 0 Å². The van der Waals surface area contributed by atoms with Gasteiger partial charge in [0, 0.05) is 5.39 Å². The molecule has 0 radical (unpaired) electrons. The van der Waals surface area contributed by atoms with Gasteiger partial charge in [0.1, 0.15) is 22.7 Å². The van der Waals surface area contributed by atoms with E-state index in [9.17, 15) is 5.11 Å². The van der Waals surface area contributed by atoms with Crippen molar-refractivity contribution in [3.63, 3.8) is 0 Å². The molecule has 0 fully saturated rings. The van der Waals surface area contributed by atoms with Gasteiger partial charge in [0.25, 0.3) is 0 Å². The molecule has 108 valence electrons. The summed E-state index contributed by atoms with van der Waals surface area (Å²) in [5, 5.41) is 11.9. The van der Waals surface area contributed by atoms with E-state index in [1.54, 1.807) is 14.0 Å². The lowest BCUT2D eigenvalue weighted by atomic mass is 9.93. The molecular weight excluding hydrogens is 264 g/mol. The zero-order valence-electron chi connectivity index (χ0n) is 12.4. The minimum atomic E-state index is -1.21. The topological polar surface area (TPSA) is 42.6 Å². The largest absolute Gasteiger partial charge is 0.497 e. The van der Waals surface area contributed by atoms with Gasteiger partial charge in [-0.05, 0) is 43.2 Å². The molecule has 1 heterocycles. The summed E-state index contributed by atoms with van der Waals surface area (Å²) in [5.41, 5.74) is 1.40. The minimum Gasteiger partial charge on any atom is -0.497 e. The van der Waals surface area contributed by atoms with E-state index in [2.05, 4.69) is 0 Å². The van der Waals surface area contributed by atoms with Crippen molar-refractivity contribution in [3.05, 3.63) is 65.4 Å². The first-order valence-electron chi connectivity index (χ1n) is 6.89. The molecular formula is C18H18O3. The van der Waals surface area contributed by atoms with Crippen molar-refractivity contribution in [1.82, 2.24) is 0 Å². The summed E-state index contributed by atoms with van der Waals surface area (Å²) in [7, 11) is 1.61. The lowest BCUT2D eigenvalue weighted by Crippen LogP contribution is -2.21. The normalized spacial score (nSPS) is 14.1. The Morgan fingerprint density at radius 1 is 1.10 bits per heavy atom. The molecule has 0 saturated heterocycles. The van der Waals surface area contributed by atoms with E-state index in [1.807, 2.05) is 55.5 Å². The molecule has 3 aromatic rings. The molecule has 3 rings (SSSR count). The Balaban J connectivity index is 2.12. The number of hydrogen-bond donors (Lipinski definition) is 1. The number of hydrogen-bond acceptors (Lipinski definition) is 3. The van der Waals surface area contributed by atoms with Crippen molar-refractivity contribution in [2.75, 3.05) is 7.11 Å². The van der Waals surface area contributed by atoms with Crippen molar-refractivity contribution in [3.8, 4) is 5.75 Å². The Morgan fingerprint density at radius 3 is 2.57 bits per heavy atom. The van der Waals surface area contributed by atoms with Crippen LogP contribution in [0.1, 0.15) is 23.8 Å². The van der Waals surface area contributed by atoms with Crippen LogP contribution in [0.3, 0.4) is 0 Å². The van der Waals surface area contributed by atoms with Gasteiger partial charge in [-0.25, -0.2) is 0 Å². The Bertz CT molecular complexity index is 784. The number of benzene rings is 2. The van der Waals surface area contributed by atoms with E-state index in [0.717, 1.165) is 22.1 Å². The monoisotopic (exact) mass is 282 g/mol. The summed E-state index contributed by atoms with van der Waals surface area (Å²) in [6, 6.07) is 15.2. The fourth-order valence-electron chi connectivity index (χ4n) is 2.52. The van der Waals surface area contributed by atoms with Crippen LogP contribution in [0.25, 0.3) is 11.0 Å². The van der Waals surface area contributed by atoms with Gasteiger partial charge in [0.15, 0.2) is 0 Å². The summed E-state index contributed by atoms with van der Waals surface area (Å²) in [6.07, 6.45) is 0. The van der Waals surface area contributed by atoms with Gasteiger partial charge >= 0.3 is 0 Å². The van der Waals surface area contributed by atoms with Crippen molar-refractivity contribution in [2.24, 2.45) is 0 Å². The molecule has 0 amide bonds. The Kier molecular flexibility index (Phi) is 3.22. The van der Waals surface area contributed by atoms with Crippen molar-refractivity contribution in [2.45, 2.75) is 19.4 Å². The second-order valence-corrected chi connectivity index (χ2v) is 5.41. The maximum absolute atomic E-state index is 10.9. The van der Waals surface area contributed by atoms with Crippen LogP contribution in [0, 0.1) is 6.92 Å². The van der Waals surface area contributed by atoms with Crippen LogP contribution in [0.4, 0.5) is 0 Å². The molecule has 0 aliphatic rings. The number of furan rings is 1. The Labute approximate surface area is 123 Å². The predicted molar refractivity (Wildman–Crippen MR) is 82.6 cm³/mol. The van der Waals surface area contributed by atoms with Crippen LogP contribution in [0.2, 0.25) is 0 Å². The number of para-hydroxylation sites is 1. The van der Waals surface area contributed by atoms with E-state index in [4.69, 9.17) is 9.15 Å². The van der Waals surface area contributed by atoms with Crippen LogP contribution < -0.4 is 4.74 Å². The van der Waals surface area contributed by atoms with Crippen molar-refractivity contribution in [1.29, 1.82) is 0 Å². The SMILES string of the molecule is COc1cccc(C(C)(O)c2cc3cccc(C)c3o2)c1. The third-order valence-electron chi connectivity index (χ3n) is 3.85. The fourth-order valence-corrected chi connectivity index (χ4v) is 2.52. The summed E-state index contributed by atoms with van der Waals surface area (Å²) in [6.45, 7) is 3.73. The van der Waals surface area contributed by atoms with Gasteiger partial charge in [-0.3, -0.25) is 0 Å². The maximum Gasteiger partial charge on any atom is 0.144 e. The molecule has 21 heavy (non-hydrogen) atoms. The van der Waals surface area contributed by atoms with Gasteiger partial charge in [-0.2, -0.15) is 0 Å². The van der Waals surface area contributed by atoms with E-state index in [-0.39, 0.29) is 0 Å². The number of ether oxygens (including phenoxy) is 1. The van der Waals surface area contributed by atoms with Crippen molar-refractivity contribution >= 4 is 11.0 Å². The van der Waals surface area contributed by atoms with Gasteiger partial charge in [0.2, 0.25) is 0 Å². The summed E-state index contributed by atoms with van der Waals surface area (Å²) < 4.78 is 11.1. The summed E-state index contributed by atoms with van der Waals surface area (Å²) in [5.74, 6) is 1.24. The van der Waals surface area contributed by atoms with Crippen molar-refractivity contribution < 1.29 is 14.3 Å². The lowest BCUT2D eigenvalue weighted by molar-refractivity contribution is 0.0784. The predicted octanol–water partition coefficient (Wildman–Crippen LogP) is 4.01. The first-order valence-corrected chi connectivity index (χ1v) is 6.89. The van der Waals surface area contributed by atoms with E-state index < -0.39 is 5.60 Å². The first-order chi connectivity index (χ1) is 10.0. The standard InChI is InChI=1S/C18H18O3/c1-12-6-4-7-13-10-16(21-17(12)13)18(2,19)14-8-5-9-15(11-14)20-3/h4-11,19H,1-3H3. The summed E-state index contributed by atoms with van der Waals surface area (Å²) in [4.78, 5) is 0. The van der Waals surface area contributed by atoms with Crippen LogP contribution in [-0.2, 0) is 5.60 Å². The fraction of sp³-hybridized carbons (Fsp3) is 0.222. The van der Waals surface area contributed by atoms with Gasteiger partial charge < -0.3 is 14.3 Å². The smallest absolute Gasteiger partial charge is 0.144 e.